The fourth-order valence-electron chi connectivity index (χ4n) is 4.24. The van der Waals surface area contributed by atoms with E-state index in [9.17, 15) is 0 Å². The zero-order valence-electron chi connectivity index (χ0n) is 16.2. The van der Waals surface area contributed by atoms with Crippen LogP contribution < -0.4 is 10.1 Å². The van der Waals surface area contributed by atoms with Crippen molar-refractivity contribution in [3.05, 3.63) is 71.8 Å². The van der Waals surface area contributed by atoms with Gasteiger partial charge in [-0.15, -0.1) is 0 Å². The number of hydrogen-bond acceptors (Lipinski definition) is 3. The largest absolute Gasteiger partial charge is 0.494 e. The maximum absolute atomic E-state index is 5.86. The van der Waals surface area contributed by atoms with Crippen LogP contribution in [0.4, 0.5) is 0 Å². The number of aromatic nitrogens is 1. The van der Waals surface area contributed by atoms with Crippen molar-refractivity contribution in [2.45, 2.75) is 26.3 Å². The molecule has 0 saturated carbocycles. The lowest BCUT2D eigenvalue weighted by atomic mass is 9.90. The maximum atomic E-state index is 5.86. The first-order valence-electron chi connectivity index (χ1n) is 10.1. The minimum Gasteiger partial charge on any atom is -0.494 e. The number of nitrogens with zero attached hydrogens (tertiary/aromatic N) is 1. The van der Waals surface area contributed by atoms with Crippen molar-refractivity contribution in [3.8, 4) is 17.0 Å². The molecule has 4 aromatic rings. The van der Waals surface area contributed by atoms with Crippen molar-refractivity contribution >= 4 is 21.7 Å². The van der Waals surface area contributed by atoms with Crippen LogP contribution in [0.3, 0.4) is 0 Å². The molecule has 28 heavy (non-hydrogen) atoms. The minimum absolute atomic E-state index is 0.736. The normalized spacial score (nSPS) is 13.6. The molecule has 1 aliphatic heterocycles. The SMILES string of the molecule is CCCOc1cccc(-c2nc3ccc4ccccc4c3c3c2CNCC3)c1. The molecule has 0 radical (unpaired) electrons. The molecule has 0 bridgehead atoms. The summed E-state index contributed by atoms with van der Waals surface area (Å²) in [6, 6.07) is 21.3. The van der Waals surface area contributed by atoms with Gasteiger partial charge in [-0.25, -0.2) is 4.98 Å². The third kappa shape index (κ3) is 2.92. The van der Waals surface area contributed by atoms with Crippen molar-refractivity contribution in [3.63, 3.8) is 0 Å². The van der Waals surface area contributed by atoms with Gasteiger partial charge in [0.2, 0.25) is 0 Å². The first kappa shape index (κ1) is 17.2. The second-order valence-corrected chi connectivity index (χ2v) is 7.40. The summed E-state index contributed by atoms with van der Waals surface area (Å²) in [5.74, 6) is 0.914. The van der Waals surface area contributed by atoms with Gasteiger partial charge in [0.25, 0.3) is 0 Å². The second-order valence-electron chi connectivity index (χ2n) is 7.40. The number of fused-ring (bicyclic) bond motifs is 5. The van der Waals surface area contributed by atoms with Crippen LogP contribution in [-0.4, -0.2) is 18.1 Å². The second kappa shape index (κ2) is 7.25. The van der Waals surface area contributed by atoms with Gasteiger partial charge >= 0.3 is 0 Å². The Morgan fingerprint density at radius 2 is 1.93 bits per heavy atom. The molecule has 0 atom stereocenters. The van der Waals surface area contributed by atoms with E-state index in [1.807, 2.05) is 6.07 Å². The van der Waals surface area contributed by atoms with E-state index in [1.54, 1.807) is 0 Å². The first-order chi connectivity index (χ1) is 13.8. The molecule has 1 N–H and O–H groups in total. The average Bonchev–Trinajstić information content (AvgIpc) is 2.77. The highest BCUT2D eigenvalue weighted by molar-refractivity contribution is 6.09. The standard InChI is InChI=1S/C25H24N2O/c1-2-14-28-19-8-5-7-18(15-19)25-22-16-26-13-12-21(22)24-20-9-4-3-6-17(20)10-11-23(24)27-25/h3-11,15,26H,2,12-14,16H2,1H3. The zero-order valence-corrected chi connectivity index (χ0v) is 16.2. The summed E-state index contributed by atoms with van der Waals surface area (Å²) in [6.07, 6.45) is 2.03. The van der Waals surface area contributed by atoms with E-state index in [0.29, 0.717) is 0 Å². The molecule has 3 heteroatoms. The van der Waals surface area contributed by atoms with Gasteiger partial charge in [0.05, 0.1) is 17.8 Å². The van der Waals surface area contributed by atoms with E-state index >= 15 is 0 Å². The average molecular weight is 368 g/mol. The van der Waals surface area contributed by atoms with Gasteiger partial charge in [0, 0.05) is 17.5 Å². The highest BCUT2D eigenvalue weighted by Gasteiger charge is 2.20. The summed E-state index contributed by atoms with van der Waals surface area (Å²) >= 11 is 0. The fraction of sp³-hybridized carbons (Fsp3) is 0.240. The summed E-state index contributed by atoms with van der Waals surface area (Å²) in [7, 11) is 0. The Bertz CT molecular complexity index is 1170. The van der Waals surface area contributed by atoms with Gasteiger partial charge in [-0.1, -0.05) is 49.4 Å². The summed E-state index contributed by atoms with van der Waals surface area (Å²) < 4.78 is 5.86. The van der Waals surface area contributed by atoms with Gasteiger partial charge in [0.1, 0.15) is 5.75 Å². The van der Waals surface area contributed by atoms with E-state index in [2.05, 4.69) is 66.8 Å². The van der Waals surface area contributed by atoms with E-state index in [1.165, 1.54) is 27.3 Å². The van der Waals surface area contributed by atoms with E-state index in [-0.39, 0.29) is 0 Å². The Morgan fingerprint density at radius 1 is 1.00 bits per heavy atom. The van der Waals surface area contributed by atoms with Gasteiger partial charge in [-0.2, -0.15) is 0 Å². The predicted octanol–water partition coefficient (Wildman–Crippen LogP) is 5.49. The van der Waals surface area contributed by atoms with Crippen molar-refractivity contribution in [2.75, 3.05) is 13.2 Å². The number of ether oxygens (including phenoxy) is 1. The number of nitrogens with one attached hydrogen (secondary N) is 1. The lowest BCUT2D eigenvalue weighted by molar-refractivity contribution is 0.317. The fourth-order valence-corrected chi connectivity index (χ4v) is 4.24. The van der Waals surface area contributed by atoms with Crippen LogP contribution in [0.2, 0.25) is 0 Å². The molecule has 140 valence electrons. The number of pyridine rings is 1. The van der Waals surface area contributed by atoms with Gasteiger partial charge in [-0.3, -0.25) is 0 Å². The quantitative estimate of drug-likeness (QED) is 0.484. The van der Waals surface area contributed by atoms with Gasteiger partial charge < -0.3 is 10.1 Å². The molecule has 1 aromatic heterocycles. The lowest BCUT2D eigenvalue weighted by Gasteiger charge is -2.23. The van der Waals surface area contributed by atoms with Crippen LogP contribution in [0, 0.1) is 0 Å². The molecule has 0 unspecified atom stereocenters. The molecule has 3 nitrogen and oxygen atoms in total. The first-order valence-corrected chi connectivity index (χ1v) is 10.1. The molecule has 1 aliphatic rings. The van der Waals surface area contributed by atoms with Crippen LogP contribution in [0.15, 0.2) is 60.7 Å². The molecule has 5 rings (SSSR count). The van der Waals surface area contributed by atoms with E-state index in [4.69, 9.17) is 9.72 Å². The molecule has 2 heterocycles. The third-order valence-corrected chi connectivity index (χ3v) is 5.53. The van der Waals surface area contributed by atoms with Crippen molar-refractivity contribution in [1.29, 1.82) is 0 Å². The van der Waals surface area contributed by atoms with Crippen LogP contribution in [0.1, 0.15) is 24.5 Å². The highest BCUT2D eigenvalue weighted by Crippen LogP contribution is 2.36. The Labute approximate surface area is 165 Å². The molecular weight excluding hydrogens is 344 g/mol. The molecular formula is C25H24N2O. The molecule has 0 spiro atoms. The number of hydrogen-bond donors (Lipinski definition) is 1. The Morgan fingerprint density at radius 3 is 2.86 bits per heavy atom. The Balaban J connectivity index is 1.76. The molecule has 0 aliphatic carbocycles. The van der Waals surface area contributed by atoms with Crippen molar-refractivity contribution < 1.29 is 4.74 Å². The highest BCUT2D eigenvalue weighted by atomic mass is 16.5. The summed E-state index contributed by atoms with van der Waals surface area (Å²) in [6.45, 7) is 4.73. The number of benzene rings is 3. The molecule has 3 aromatic carbocycles. The van der Waals surface area contributed by atoms with E-state index in [0.717, 1.165) is 55.1 Å². The van der Waals surface area contributed by atoms with Crippen LogP contribution in [-0.2, 0) is 13.0 Å². The van der Waals surface area contributed by atoms with Crippen LogP contribution in [0.5, 0.6) is 5.75 Å². The Hall–Kier alpha value is -2.91. The third-order valence-electron chi connectivity index (χ3n) is 5.53. The monoisotopic (exact) mass is 368 g/mol. The molecule has 0 saturated heterocycles. The summed E-state index contributed by atoms with van der Waals surface area (Å²) in [5.41, 5.74) is 6.04. The predicted molar refractivity (Wildman–Crippen MR) is 116 cm³/mol. The molecule has 0 fully saturated rings. The van der Waals surface area contributed by atoms with Crippen molar-refractivity contribution in [2.24, 2.45) is 0 Å². The number of rotatable bonds is 4. The van der Waals surface area contributed by atoms with E-state index < -0.39 is 0 Å². The van der Waals surface area contributed by atoms with Gasteiger partial charge in [-0.05, 0) is 59.5 Å². The Kier molecular flexibility index (Phi) is 4.46. The van der Waals surface area contributed by atoms with Crippen LogP contribution in [0.25, 0.3) is 32.9 Å². The molecule has 0 amide bonds. The topological polar surface area (TPSA) is 34.1 Å². The smallest absolute Gasteiger partial charge is 0.119 e. The van der Waals surface area contributed by atoms with Gasteiger partial charge in [0.15, 0.2) is 0 Å². The summed E-state index contributed by atoms with van der Waals surface area (Å²) in [4.78, 5) is 5.13. The van der Waals surface area contributed by atoms with Crippen molar-refractivity contribution in [1.82, 2.24) is 10.3 Å². The minimum atomic E-state index is 0.736. The maximum Gasteiger partial charge on any atom is 0.119 e. The lowest BCUT2D eigenvalue weighted by Crippen LogP contribution is -2.25. The zero-order chi connectivity index (χ0) is 18.9. The van der Waals surface area contributed by atoms with Crippen LogP contribution >= 0.6 is 0 Å². The summed E-state index contributed by atoms with van der Waals surface area (Å²) in [5, 5.41) is 7.44.